The topological polar surface area (TPSA) is 62.5 Å². The quantitative estimate of drug-likeness (QED) is 0.845. The average molecular weight is 352 g/mol. The number of rotatable bonds is 3. The molecular formula is C20H24N4O2. The molecule has 6 nitrogen and oxygen atoms in total. The lowest BCUT2D eigenvalue weighted by Gasteiger charge is -2.41. The first kappa shape index (κ1) is 16.0. The van der Waals surface area contributed by atoms with Gasteiger partial charge in [0.15, 0.2) is 5.76 Å². The molecule has 1 amide bonds. The van der Waals surface area contributed by atoms with Crippen molar-refractivity contribution in [3.63, 3.8) is 0 Å². The molecule has 2 saturated heterocycles. The molecule has 3 unspecified atom stereocenters. The Morgan fingerprint density at radius 1 is 1.23 bits per heavy atom. The van der Waals surface area contributed by atoms with Gasteiger partial charge in [-0.1, -0.05) is 5.16 Å². The maximum Gasteiger partial charge on any atom is 0.226 e. The second-order valence-corrected chi connectivity index (χ2v) is 7.98. The summed E-state index contributed by atoms with van der Waals surface area (Å²) in [5, 5.41) is 4.00. The molecule has 26 heavy (non-hydrogen) atoms. The average Bonchev–Trinajstić information content (AvgIpc) is 3.31. The molecule has 2 aromatic rings. The third-order valence-corrected chi connectivity index (χ3v) is 6.25. The Morgan fingerprint density at radius 2 is 2.00 bits per heavy atom. The summed E-state index contributed by atoms with van der Waals surface area (Å²) < 4.78 is 5.40. The molecule has 1 aliphatic carbocycles. The van der Waals surface area contributed by atoms with Crippen molar-refractivity contribution < 1.29 is 9.32 Å². The molecule has 4 heterocycles. The Balaban J connectivity index is 1.25. The Hall–Kier alpha value is -2.21. The lowest BCUT2D eigenvalue weighted by molar-refractivity contribution is -0.139. The van der Waals surface area contributed by atoms with Crippen molar-refractivity contribution in [2.24, 2.45) is 5.92 Å². The van der Waals surface area contributed by atoms with Crippen molar-refractivity contribution in [2.45, 2.75) is 51.2 Å². The number of carbonyl (C=O) groups excluding carboxylic acids is 1. The van der Waals surface area contributed by atoms with Crippen LogP contribution in [-0.4, -0.2) is 51.0 Å². The van der Waals surface area contributed by atoms with Gasteiger partial charge in [0.25, 0.3) is 0 Å². The number of fused-ring (bicyclic) bond motifs is 3. The molecule has 136 valence electrons. The van der Waals surface area contributed by atoms with Crippen LogP contribution in [0.3, 0.4) is 0 Å². The van der Waals surface area contributed by atoms with E-state index in [-0.39, 0.29) is 5.92 Å². The minimum atomic E-state index is 0.0945. The van der Waals surface area contributed by atoms with Crippen LogP contribution in [0.2, 0.25) is 0 Å². The van der Waals surface area contributed by atoms with Crippen LogP contribution in [0.1, 0.15) is 35.4 Å². The molecule has 2 aromatic heterocycles. The number of aromatic nitrogens is 2. The van der Waals surface area contributed by atoms with Crippen molar-refractivity contribution in [1.29, 1.82) is 0 Å². The van der Waals surface area contributed by atoms with Crippen LogP contribution in [0.25, 0.3) is 0 Å². The minimum absolute atomic E-state index is 0.0945. The van der Waals surface area contributed by atoms with Gasteiger partial charge < -0.3 is 9.42 Å². The van der Waals surface area contributed by atoms with E-state index in [4.69, 9.17) is 4.52 Å². The normalized spacial score (nSPS) is 27.7. The molecule has 2 aliphatic heterocycles. The van der Waals surface area contributed by atoms with Gasteiger partial charge in [0.05, 0.1) is 12.2 Å². The summed E-state index contributed by atoms with van der Waals surface area (Å²) >= 11 is 0. The standard InChI is InChI=1S/C20H24N4O2/c1-13-6-19(26-22-13)12-24-17-2-3-18(24)11-23(10-17)20(25)15-7-14-4-5-21-9-16(14)8-15/h4-6,9,15,17-18H,2-3,7-8,10-12H2,1H3. The second kappa shape index (κ2) is 6.20. The Kier molecular flexibility index (Phi) is 3.81. The molecular weight excluding hydrogens is 328 g/mol. The van der Waals surface area contributed by atoms with Crippen LogP contribution in [0, 0.1) is 12.8 Å². The Bertz CT molecular complexity index is 794. The largest absolute Gasteiger partial charge is 0.360 e. The van der Waals surface area contributed by atoms with E-state index in [0.29, 0.717) is 18.0 Å². The lowest BCUT2D eigenvalue weighted by atomic mass is 10.0. The predicted molar refractivity (Wildman–Crippen MR) is 95.3 cm³/mol. The van der Waals surface area contributed by atoms with E-state index in [1.54, 1.807) is 0 Å². The Morgan fingerprint density at radius 3 is 2.69 bits per heavy atom. The van der Waals surface area contributed by atoms with Crippen LogP contribution in [0.15, 0.2) is 29.0 Å². The fraction of sp³-hybridized carbons (Fsp3) is 0.550. The monoisotopic (exact) mass is 352 g/mol. The summed E-state index contributed by atoms with van der Waals surface area (Å²) in [5.74, 6) is 1.35. The number of hydrogen-bond donors (Lipinski definition) is 0. The van der Waals surface area contributed by atoms with E-state index in [0.717, 1.165) is 56.8 Å². The van der Waals surface area contributed by atoms with Gasteiger partial charge in [-0.05, 0) is 49.8 Å². The van der Waals surface area contributed by atoms with E-state index in [1.807, 2.05) is 25.4 Å². The number of aryl methyl sites for hydroxylation is 1. The van der Waals surface area contributed by atoms with Gasteiger partial charge in [0, 0.05) is 49.6 Å². The highest BCUT2D eigenvalue weighted by molar-refractivity contribution is 5.80. The zero-order chi connectivity index (χ0) is 17.7. The number of amides is 1. The maximum absolute atomic E-state index is 13.1. The molecule has 0 radical (unpaired) electrons. The summed E-state index contributed by atoms with van der Waals surface area (Å²) in [6.07, 6.45) is 7.78. The molecule has 0 N–H and O–H groups in total. The molecule has 2 bridgehead atoms. The zero-order valence-electron chi connectivity index (χ0n) is 15.1. The molecule has 0 aromatic carbocycles. The van der Waals surface area contributed by atoms with Crippen LogP contribution >= 0.6 is 0 Å². The summed E-state index contributed by atoms with van der Waals surface area (Å²) in [6, 6.07) is 4.95. The smallest absolute Gasteiger partial charge is 0.226 e. The third-order valence-electron chi connectivity index (χ3n) is 6.25. The van der Waals surface area contributed by atoms with E-state index in [1.165, 1.54) is 11.1 Å². The van der Waals surface area contributed by atoms with E-state index >= 15 is 0 Å². The number of carbonyl (C=O) groups is 1. The highest BCUT2D eigenvalue weighted by atomic mass is 16.5. The minimum Gasteiger partial charge on any atom is -0.360 e. The summed E-state index contributed by atoms with van der Waals surface area (Å²) in [5.41, 5.74) is 3.46. The summed E-state index contributed by atoms with van der Waals surface area (Å²) in [7, 11) is 0. The second-order valence-electron chi connectivity index (χ2n) is 7.98. The van der Waals surface area contributed by atoms with E-state index in [2.05, 4.69) is 26.0 Å². The van der Waals surface area contributed by atoms with E-state index in [9.17, 15) is 4.79 Å². The van der Waals surface area contributed by atoms with Crippen LogP contribution in [0.4, 0.5) is 0 Å². The molecule has 6 heteroatoms. The van der Waals surface area contributed by atoms with Gasteiger partial charge >= 0.3 is 0 Å². The lowest BCUT2D eigenvalue weighted by Crippen LogP contribution is -2.56. The highest BCUT2D eigenvalue weighted by Gasteiger charge is 2.43. The number of nitrogens with zero attached hydrogens (tertiary/aromatic N) is 4. The van der Waals surface area contributed by atoms with Crippen LogP contribution < -0.4 is 0 Å². The Labute approximate surface area is 153 Å². The van der Waals surface area contributed by atoms with Gasteiger partial charge in [-0.15, -0.1) is 0 Å². The van der Waals surface area contributed by atoms with Crippen molar-refractivity contribution in [2.75, 3.05) is 13.1 Å². The molecule has 5 rings (SSSR count). The van der Waals surface area contributed by atoms with Crippen molar-refractivity contribution in [3.05, 3.63) is 47.1 Å². The van der Waals surface area contributed by atoms with Crippen LogP contribution in [-0.2, 0) is 24.2 Å². The molecule has 0 saturated carbocycles. The fourth-order valence-corrected chi connectivity index (χ4v) is 4.97. The van der Waals surface area contributed by atoms with Gasteiger partial charge in [0.2, 0.25) is 5.91 Å². The third kappa shape index (κ3) is 2.72. The fourth-order valence-electron chi connectivity index (χ4n) is 4.97. The summed E-state index contributed by atoms with van der Waals surface area (Å²) in [4.78, 5) is 21.9. The SMILES string of the molecule is Cc1cc(CN2C3CCC2CN(C(=O)C2Cc4ccncc4C2)C3)on1. The maximum atomic E-state index is 13.1. The first-order valence-corrected chi connectivity index (χ1v) is 9.56. The van der Waals surface area contributed by atoms with Crippen molar-refractivity contribution in [3.8, 4) is 0 Å². The molecule has 3 atom stereocenters. The number of piperazine rings is 1. The van der Waals surface area contributed by atoms with Gasteiger partial charge in [-0.2, -0.15) is 0 Å². The van der Waals surface area contributed by atoms with E-state index < -0.39 is 0 Å². The number of likely N-dealkylation sites (tertiary alicyclic amines) is 1. The molecule has 2 fully saturated rings. The zero-order valence-corrected chi connectivity index (χ0v) is 15.1. The van der Waals surface area contributed by atoms with Crippen molar-refractivity contribution in [1.82, 2.24) is 19.9 Å². The van der Waals surface area contributed by atoms with Gasteiger partial charge in [-0.25, -0.2) is 0 Å². The number of pyridine rings is 1. The van der Waals surface area contributed by atoms with Crippen molar-refractivity contribution >= 4 is 5.91 Å². The predicted octanol–water partition coefficient (Wildman–Crippen LogP) is 1.97. The molecule has 3 aliphatic rings. The molecule has 0 spiro atoms. The number of hydrogen-bond acceptors (Lipinski definition) is 5. The summed E-state index contributed by atoms with van der Waals surface area (Å²) in [6.45, 7) is 4.44. The van der Waals surface area contributed by atoms with Gasteiger partial charge in [-0.3, -0.25) is 14.7 Å². The highest BCUT2D eigenvalue weighted by Crippen LogP contribution is 2.34. The first-order chi connectivity index (χ1) is 12.7. The van der Waals surface area contributed by atoms with Crippen LogP contribution in [0.5, 0.6) is 0 Å². The van der Waals surface area contributed by atoms with Gasteiger partial charge in [0.1, 0.15) is 0 Å². The first-order valence-electron chi connectivity index (χ1n) is 9.56.